The largest absolute Gasteiger partial charge is 0.385 e. The van der Waals surface area contributed by atoms with E-state index in [1.54, 1.807) is 10.4 Å². The van der Waals surface area contributed by atoms with Gasteiger partial charge in [-0.25, -0.2) is 8.42 Å². The van der Waals surface area contributed by atoms with E-state index >= 15 is 0 Å². The minimum Gasteiger partial charge on any atom is -0.385 e. The van der Waals surface area contributed by atoms with Crippen LogP contribution in [0.2, 0.25) is 0 Å². The molecule has 1 aromatic carbocycles. The molecule has 1 N–H and O–H groups in total. The highest BCUT2D eigenvalue weighted by atomic mass is 32.2. The molecule has 2 aliphatic rings. The van der Waals surface area contributed by atoms with Crippen LogP contribution < -0.4 is 5.32 Å². The van der Waals surface area contributed by atoms with E-state index in [9.17, 15) is 8.42 Å². The van der Waals surface area contributed by atoms with E-state index in [0.29, 0.717) is 24.7 Å². The highest BCUT2D eigenvalue weighted by Gasteiger charge is 2.39. The van der Waals surface area contributed by atoms with Gasteiger partial charge in [0.05, 0.1) is 23.6 Å². The SMILES string of the molecule is CC1(C)COCCN1S(=O)(=O)c1ccc2c(c1)CCCN2. The van der Waals surface area contributed by atoms with E-state index in [-0.39, 0.29) is 0 Å². The van der Waals surface area contributed by atoms with E-state index in [4.69, 9.17) is 4.74 Å². The number of fused-ring (bicyclic) bond motifs is 1. The van der Waals surface area contributed by atoms with Crippen LogP contribution in [0.1, 0.15) is 25.8 Å². The molecular weight excluding hydrogens is 288 g/mol. The van der Waals surface area contributed by atoms with Crippen molar-refractivity contribution >= 4 is 15.7 Å². The summed E-state index contributed by atoms with van der Waals surface area (Å²) in [5, 5.41) is 3.31. The van der Waals surface area contributed by atoms with Crippen molar-refractivity contribution in [2.45, 2.75) is 37.1 Å². The first-order valence-electron chi connectivity index (χ1n) is 7.39. The molecule has 2 aliphatic heterocycles. The Balaban J connectivity index is 1.98. The monoisotopic (exact) mass is 310 g/mol. The number of morpholine rings is 1. The van der Waals surface area contributed by atoms with E-state index in [1.165, 1.54) is 0 Å². The molecule has 3 rings (SSSR count). The summed E-state index contributed by atoms with van der Waals surface area (Å²) < 4.78 is 32.9. The number of nitrogens with zero attached hydrogens (tertiary/aromatic N) is 1. The molecule has 0 spiro atoms. The summed E-state index contributed by atoms with van der Waals surface area (Å²) in [6.45, 7) is 6.06. The molecular formula is C15H22N2O3S. The third kappa shape index (κ3) is 2.67. The maximum absolute atomic E-state index is 12.9. The average Bonchev–Trinajstić information content (AvgIpc) is 2.46. The first-order valence-corrected chi connectivity index (χ1v) is 8.83. The molecule has 1 fully saturated rings. The van der Waals surface area contributed by atoms with Gasteiger partial charge in [-0.15, -0.1) is 0 Å². The molecule has 0 unspecified atom stereocenters. The van der Waals surface area contributed by atoms with Crippen molar-refractivity contribution in [3.05, 3.63) is 23.8 Å². The van der Waals surface area contributed by atoms with E-state index in [0.717, 1.165) is 30.6 Å². The topological polar surface area (TPSA) is 58.6 Å². The van der Waals surface area contributed by atoms with Crippen LogP contribution in [0.4, 0.5) is 5.69 Å². The van der Waals surface area contributed by atoms with E-state index in [1.807, 2.05) is 26.0 Å². The van der Waals surface area contributed by atoms with Gasteiger partial charge in [0.1, 0.15) is 0 Å². The highest BCUT2D eigenvalue weighted by Crippen LogP contribution is 2.30. The Labute approximate surface area is 126 Å². The van der Waals surface area contributed by atoms with Gasteiger partial charge in [0.2, 0.25) is 10.0 Å². The fourth-order valence-electron chi connectivity index (χ4n) is 3.03. The van der Waals surface area contributed by atoms with Gasteiger partial charge in [-0.05, 0) is 50.5 Å². The average molecular weight is 310 g/mol. The highest BCUT2D eigenvalue weighted by molar-refractivity contribution is 7.89. The van der Waals surface area contributed by atoms with Crippen LogP contribution in [0.3, 0.4) is 0 Å². The second-order valence-corrected chi connectivity index (χ2v) is 8.15. The van der Waals surface area contributed by atoms with Crippen LogP contribution in [0, 0.1) is 0 Å². The van der Waals surface area contributed by atoms with Gasteiger partial charge in [0.25, 0.3) is 0 Å². The number of ether oxygens (including phenoxy) is 1. The van der Waals surface area contributed by atoms with Gasteiger partial charge < -0.3 is 10.1 Å². The lowest BCUT2D eigenvalue weighted by molar-refractivity contribution is -0.00770. The fraction of sp³-hybridized carbons (Fsp3) is 0.600. The summed E-state index contributed by atoms with van der Waals surface area (Å²) in [7, 11) is -3.48. The smallest absolute Gasteiger partial charge is 0.243 e. The molecule has 0 bridgehead atoms. The Bertz CT molecular complexity index is 640. The molecule has 2 heterocycles. The van der Waals surface area contributed by atoms with E-state index in [2.05, 4.69) is 5.32 Å². The number of sulfonamides is 1. The summed E-state index contributed by atoms with van der Waals surface area (Å²) in [6, 6.07) is 5.41. The zero-order chi connectivity index (χ0) is 15.1. The molecule has 1 aromatic rings. The molecule has 0 amide bonds. The lowest BCUT2D eigenvalue weighted by Gasteiger charge is -2.40. The van der Waals surface area contributed by atoms with Gasteiger partial charge in [0.15, 0.2) is 0 Å². The summed E-state index contributed by atoms with van der Waals surface area (Å²) in [5.74, 6) is 0. The summed E-state index contributed by atoms with van der Waals surface area (Å²) in [5.41, 5.74) is 1.64. The molecule has 116 valence electrons. The zero-order valence-electron chi connectivity index (χ0n) is 12.6. The molecule has 0 atom stereocenters. The standard InChI is InChI=1S/C15H22N2O3S/c1-15(2)11-20-9-8-17(15)21(18,19)13-5-6-14-12(10-13)4-3-7-16-14/h5-6,10,16H,3-4,7-9,11H2,1-2H3. The third-order valence-electron chi connectivity index (χ3n) is 4.17. The van der Waals surface area contributed by atoms with Gasteiger partial charge in [-0.1, -0.05) is 0 Å². The van der Waals surface area contributed by atoms with Crippen LogP contribution in [0.25, 0.3) is 0 Å². The van der Waals surface area contributed by atoms with Crippen molar-refractivity contribution < 1.29 is 13.2 Å². The minimum absolute atomic E-state index is 0.389. The summed E-state index contributed by atoms with van der Waals surface area (Å²) in [6.07, 6.45) is 1.97. The second-order valence-electron chi connectivity index (χ2n) is 6.29. The minimum atomic E-state index is -3.48. The Morgan fingerprint density at radius 2 is 2.14 bits per heavy atom. The normalized spacial score (nSPS) is 22.4. The molecule has 1 saturated heterocycles. The van der Waals surface area contributed by atoms with Crippen LogP contribution in [0.5, 0.6) is 0 Å². The lowest BCUT2D eigenvalue weighted by atomic mass is 10.0. The number of aryl methyl sites for hydroxylation is 1. The van der Waals surface area contributed by atoms with Crippen molar-refractivity contribution in [2.75, 3.05) is 31.6 Å². The molecule has 0 saturated carbocycles. The van der Waals surface area contributed by atoms with Crippen molar-refractivity contribution in [3.8, 4) is 0 Å². The van der Waals surface area contributed by atoms with Gasteiger partial charge >= 0.3 is 0 Å². The second kappa shape index (κ2) is 5.26. The number of benzene rings is 1. The van der Waals surface area contributed by atoms with Gasteiger partial charge in [-0.2, -0.15) is 4.31 Å². The number of anilines is 1. The van der Waals surface area contributed by atoms with Crippen LogP contribution in [-0.4, -0.2) is 44.6 Å². The Hall–Kier alpha value is -1.11. The predicted molar refractivity (Wildman–Crippen MR) is 82.0 cm³/mol. The maximum Gasteiger partial charge on any atom is 0.243 e. The third-order valence-corrected chi connectivity index (χ3v) is 6.28. The van der Waals surface area contributed by atoms with Crippen molar-refractivity contribution in [2.24, 2.45) is 0 Å². The molecule has 6 heteroatoms. The lowest BCUT2D eigenvalue weighted by Crippen LogP contribution is -2.55. The van der Waals surface area contributed by atoms with Crippen LogP contribution in [-0.2, 0) is 21.2 Å². The van der Waals surface area contributed by atoms with Crippen LogP contribution in [0.15, 0.2) is 23.1 Å². The molecule has 0 aliphatic carbocycles. The molecule has 21 heavy (non-hydrogen) atoms. The van der Waals surface area contributed by atoms with Crippen molar-refractivity contribution in [3.63, 3.8) is 0 Å². The fourth-order valence-corrected chi connectivity index (χ4v) is 4.83. The van der Waals surface area contributed by atoms with Crippen LogP contribution >= 0.6 is 0 Å². The van der Waals surface area contributed by atoms with E-state index < -0.39 is 15.6 Å². The van der Waals surface area contributed by atoms with Gasteiger partial charge in [0, 0.05) is 18.8 Å². The Morgan fingerprint density at radius 1 is 1.33 bits per heavy atom. The zero-order valence-corrected chi connectivity index (χ0v) is 13.4. The molecule has 0 aromatic heterocycles. The molecule has 5 nitrogen and oxygen atoms in total. The van der Waals surface area contributed by atoms with Gasteiger partial charge in [-0.3, -0.25) is 0 Å². The summed E-state index contributed by atoms with van der Waals surface area (Å²) >= 11 is 0. The van der Waals surface area contributed by atoms with Crippen molar-refractivity contribution in [1.82, 2.24) is 4.31 Å². The Kier molecular flexibility index (Phi) is 3.71. The molecule has 0 radical (unpaired) electrons. The first kappa shape index (κ1) is 14.8. The maximum atomic E-state index is 12.9. The number of hydrogen-bond acceptors (Lipinski definition) is 4. The number of nitrogens with one attached hydrogen (secondary N) is 1. The number of hydrogen-bond donors (Lipinski definition) is 1. The Morgan fingerprint density at radius 3 is 2.90 bits per heavy atom. The number of rotatable bonds is 2. The quantitative estimate of drug-likeness (QED) is 0.905. The first-order chi connectivity index (χ1) is 9.91. The predicted octanol–water partition coefficient (Wildman–Crippen LogP) is 1.84. The summed E-state index contributed by atoms with van der Waals surface area (Å²) in [4.78, 5) is 0.389. The van der Waals surface area contributed by atoms with Crippen molar-refractivity contribution in [1.29, 1.82) is 0 Å².